The van der Waals surface area contributed by atoms with Gasteiger partial charge in [-0.1, -0.05) is 17.2 Å². The molecule has 1 aliphatic heterocycles. The Morgan fingerprint density at radius 1 is 1.12 bits per heavy atom. The zero-order chi connectivity index (χ0) is 18.4. The van der Waals surface area contributed by atoms with Crippen LogP contribution >= 0.6 is 0 Å². The lowest BCUT2D eigenvalue weighted by molar-refractivity contribution is 0.190. The van der Waals surface area contributed by atoms with Gasteiger partial charge in [-0.05, 0) is 80.3 Å². The monoisotopic (exact) mass is 377 g/mol. The lowest BCUT2D eigenvalue weighted by atomic mass is 9.97. The van der Waals surface area contributed by atoms with Crippen molar-refractivity contribution in [2.75, 3.05) is 32.7 Å². The number of nitrogens with zero attached hydrogens (tertiary/aromatic N) is 4. The topological polar surface area (TPSA) is 98.2 Å². The summed E-state index contributed by atoms with van der Waals surface area (Å²) in [5.74, 6) is 1.25. The number of rotatable bonds is 9. The maximum atomic E-state index is 12.4. The molecule has 0 radical (unpaired) electrons. The molecule has 0 amide bonds. The summed E-state index contributed by atoms with van der Waals surface area (Å²) in [6.07, 6.45) is 5.64. The summed E-state index contributed by atoms with van der Waals surface area (Å²) in [7, 11) is -3.45. The molecule has 1 aromatic rings. The van der Waals surface area contributed by atoms with Crippen LogP contribution in [0.4, 0.5) is 0 Å². The minimum Gasteiger partial charge on any atom is -0.302 e. The van der Waals surface area contributed by atoms with Crippen LogP contribution in [-0.4, -0.2) is 46.0 Å². The molecule has 1 heterocycles. The van der Waals surface area contributed by atoms with Crippen molar-refractivity contribution in [1.82, 2.24) is 9.62 Å². The average molecular weight is 378 g/mol. The minimum atomic E-state index is -3.45. The van der Waals surface area contributed by atoms with Crippen LogP contribution in [0.3, 0.4) is 0 Å². The second-order valence-corrected chi connectivity index (χ2v) is 9.15. The van der Waals surface area contributed by atoms with Crippen molar-refractivity contribution in [3.8, 4) is 0 Å². The first-order valence-electron chi connectivity index (χ1n) is 9.38. The Bertz CT molecular complexity index is 731. The van der Waals surface area contributed by atoms with Gasteiger partial charge in [0.25, 0.3) is 0 Å². The Morgan fingerprint density at radius 3 is 2.42 bits per heavy atom. The van der Waals surface area contributed by atoms with E-state index >= 15 is 0 Å². The summed E-state index contributed by atoms with van der Waals surface area (Å²) in [5, 5.41) is 3.64. The highest BCUT2D eigenvalue weighted by atomic mass is 32.2. The van der Waals surface area contributed by atoms with Gasteiger partial charge >= 0.3 is 0 Å². The number of piperidine rings is 1. The number of likely N-dealkylation sites (tertiary alicyclic amines) is 1. The largest absolute Gasteiger partial charge is 0.302 e. The van der Waals surface area contributed by atoms with Gasteiger partial charge in [0.05, 0.1) is 4.90 Å². The third-order valence-electron chi connectivity index (χ3n) is 5.29. The molecule has 0 atom stereocenters. The number of hydrogen-bond acceptors (Lipinski definition) is 4. The predicted octanol–water partition coefficient (Wildman–Crippen LogP) is 2.94. The molecule has 1 saturated carbocycles. The Balaban J connectivity index is 1.41. The zero-order valence-electron chi connectivity index (χ0n) is 15.0. The van der Waals surface area contributed by atoms with Gasteiger partial charge in [-0.3, -0.25) is 0 Å². The second kappa shape index (κ2) is 8.86. The SMILES string of the molecule is [N-]=[N+]=NCC1CCN(CCNS(=O)(=O)c2ccc(CC3CC3)cc2)CC1. The van der Waals surface area contributed by atoms with Gasteiger partial charge in [0.1, 0.15) is 0 Å². The lowest BCUT2D eigenvalue weighted by Crippen LogP contribution is -2.40. The fourth-order valence-corrected chi connectivity index (χ4v) is 4.45. The predicted molar refractivity (Wildman–Crippen MR) is 101 cm³/mol. The van der Waals surface area contributed by atoms with Crippen molar-refractivity contribution < 1.29 is 8.42 Å². The summed E-state index contributed by atoms with van der Waals surface area (Å²) >= 11 is 0. The smallest absolute Gasteiger partial charge is 0.240 e. The Morgan fingerprint density at radius 2 is 1.81 bits per heavy atom. The van der Waals surface area contributed by atoms with Crippen molar-refractivity contribution in [3.63, 3.8) is 0 Å². The van der Waals surface area contributed by atoms with Crippen LogP contribution in [0.25, 0.3) is 10.4 Å². The molecule has 2 fully saturated rings. The lowest BCUT2D eigenvalue weighted by Gasteiger charge is -2.31. The molecule has 3 rings (SSSR count). The molecule has 1 aliphatic carbocycles. The van der Waals surface area contributed by atoms with E-state index in [1.807, 2.05) is 12.1 Å². The molecular weight excluding hydrogens is 350 g/mol. The van der Waals surface area contributed by atoms with Crippen molar-refractivity contribution in [2.24, 2.45) is 17.0 Å². The highest BCUT2D eigenvalue weighted by Gasteiger charge is 2.22. The van der Waals surface area contributed by atoms with E-state index in [0.717, 1.165) is 38.3 Å². The Hall–Kier alpha value is -1.60. The van der Waals surface area contributed by atoms with E-state index in [-0.39, 0.29) is 0 Å². The maximum Gasteiger partial charge on any atom is 0.240 e. The van der Waals surface area contributed by atoms with Gasteiger partial charge in [0.2, 0.25) is 10.0 Å². The van der Waals surface area contributed by atoms with Crippen LogP contribution in [0, 0.1) is 11.8 Å². The quantitative estimate of drug-likeness (QED) is 0.407. The van der Waals surface area contributed by atoms with Crippen LogP contribution in [0.2, 0.25) is 0 Å². The first-order chi connectivity index (χ1) is 12.6. The second-order valence-electron chi connectivity index (χ2n) is 7.39. The molecule has 8 heteroatoms. The van der Waals surface area contributed by atoms with Crippen LogP contribution in [0.5, 0.6) is 0 Å². The normalized spacial score (nSPS) is 19.2. The number of hydrogen-bond donors (Lipinski definition) is 1. The van der Waals surface area contributed by atoms with E-state index in [0.29, 0.717) is 30.4 Å². The third-order valence-corrected chi connectivity index (χ3v) is 6.76. The molecule has 1 N–H and O–H groups in total. The molecule has 0 bridgehead atoms. The van der Waals surface area contributed by atoms with Crippen molar-refractivity contribution in [3.05, 3.63) is 40.3 Å². The van der Waals surface area contributed by atoms with Gasteiger partial charge in [-0.2, -0.15) is 0 Å². The van der Waals surface area contributed by atoms with Gasteiger partial charge in [0, 0.05) is 24.5 Å². The molecule has 0 spiro atoms. The fourth-order valence-electron chi connectivity index (χ4n) is 3.43. The molecule has 0 unspecified atom stereocenters. The van der Waals surface area contributed by atoms with Crippen LogP contribution < -0.4 is 4.72 Å². The summed E-state index contributed by atoms with van der Waals surface area (Å²) in [4.78, 5) is 5.41. The Kier molecular flexibility index (Phi) is 6.53. The van der Waals surface area contributed by atoms with Crippen LogP contribution in [0.1, 0.15) is 31.2 Å². The van der Waals surface area contributed by atoms with Crippen LogP contribution in [-0.2, 0) is 16.4 Å². The van der Waals surface area contributed by atoms with E-state index in [1.165, 1.54) is 18.4 Å². The number of azide groups is 1. The highest BCUT2D eigenvalue weighted by molar-refractivity contribution is 7.89. The van der Waals surface area contributed by atoms with Gasteiger partial charge in [-0.25, -0.2) is 13.1 Å². The van der Waals surface area contributed by atoms with E-state index in [1.54, 1.807) is 12.1 Å². The standard InChI is InChI=1S/C18H27N5O2S/c19-22-20-14-17-7-10-23(11-8-17)12-9-21-26(24,25)18-5-3-16(4-6-18)13-15-1-2-15/h3-6,15,17,21H,1-2,7-14H2. The van der Waals surface area contributed by atoms with Gasteiger partial charge < -0.3 is 4.90 Å². The molecule has 7 nitrogen and oxygen atoms in total. The molecule has 26 heavy (non-hydrogen) atoms. The zero-order valence-corrected chi connectivity index (χ0v) is 15.9. The Labute approximate surface area is 155 Å². The number of benzene rings is 1. The number of nitrogens with one attached hydrogen (secondary N) is 1. The summed E-state index contributed by atoms with van der Waals surface area (Å²) < 4.78 is 27.5. The third kappa shape index (κ3) is 5.71. The summed E-state index contributed by atoms with van der Waals surface area (Å²) in [6.45, 7) is 3.51. The number of sulfonamides is 1. The average Bonchev–Trinajstić information content (AvgIpc) is 3.45. The maximum absolute atomic E-state index is 12.4. The highest BCUT2D eigenvalue weighted by Crippen LogP contribution is 2.32. The van der Waals surface area contributed by atoms with Gasteiger partial charge in [-0.15, -0.1) is 0 Å². The molecular formula is C18H27N5O2S. The molecule has 0 aromatic heterocycles. The molecule has 1 saturated heterocycles. The van der Waals surface area contributed by atoms with E-state index in [2.05, 4.69) is 19.6 Å². The van der Waals surface area contributed by atoms with E-state index < -0.39 is 10.0 Å². The van der Waals surface area contributed by atoms with Crippen molar-refractivity contribution in [2.45, 2.75) is 37.0 Å². The van der Waals surface area contributed by atoms with E-state index in [9.17, 15) is 8.42 Å². The van der Waals surface area contributed by atoms with Gasteiger partial charge in [0.15, 0.2) is 0 Å². The van der Waals surface area contributed by atoms with E-state index in [4.69, 9.17) is 5.53 Å². The minimum absolute atomic E-state index is 0.338. The van der Waals surface area contributed by atoms with Crippen molar-refractivity contribution >= 4 is 10.0 Å². The molecule has 142 valence electrons. The fraction of sp³-hybridized carbons (Fsp3) is 0.667. The first kappa shape index (κ1) is 19.2. The molecule has 1 aromatic carbocycles. The van der Waals surface area contributed by atoms with Crippen molar-refractivity contribution in [1.29, 1.82) is 0 Å². The summed E-state index contributed by atoms with van der Waals surface area (Å²) in [5.41, 5.74) is 9.59. The first-order valence-corrected chi connectivity index (χ1v) is 10.9. The van der Waals surface area contributed by atoms with Crippen LogP contribution in [0.15, 0.2) is 34.3 Å². The molecule has 2 aliphatic rings. The summed E-state index contributed by atoms with van der Waals surface area (Å²) in [6, 6.07) is 7.28.